The number of sulfonamides is 1. The molecular weight excluding hydrogens is 486 g/mol. The van der Waals surface area contributed by atoms with Gasteiger partial charge in [0.25, 0.3) is 5.91 Å². The fourth-order valence-electron chi connectivity index (χ4n) is 4.02. The largest absolute Gasteiger partial charge is 0.465 e. The number of benzene rings is 2. The fraction of sp³-hybridized carbons (Fsp3) is 0.400. The summed E-state index contributed by atoms with van der Waals surface area (Å²) in [5.41, 5.74) is 2.22. The molecule has 10 heteroatoms. The highest BCUT2D eigenvalue weighted by Crippen LogP contribution is 2.24. The van der Waals surface area contributed by atoms with E-state index in [1.807, 2.05) is 18.2 Å². The van der Waals surface area contributed by atoms with E-state index >= 15 is 0 Å². The zero-order chi connectivity index (χ0) is 25.2. The molecule has 0 unspecified atom stereocenters. The molecule has 1 aliphatic heterocycles. The van der Waals surface area contributed by atoms with Gasteiger partial charge in [-0.2, -0.15) is 9.30 Å². The number of aromatic nitrogens is 1. The van der Waals surface area contributed by atoms with Crippen molar-refractivity contribution in [3.8, 4) is 0 Å². The predicted molar refractivity (Wildman–Crippen MR) is 135 cm³/mol. The lowest BCUT2D eigenvalue weighted by Gasteiger charge is -2.15. The summed E-state index contributed by atoms with van der Waals surface area (Å²) in [6, 6.07) is 11.8. The Balaban J connectivity index is 1.69. The van der Waals surface area contributed by atoms with E-state index in [9.17, 15) is 18.0 Å². The van der Waals surface area contributed by atoms with Crippen LogP contribution >= 0.6 is 11.3 Å². The molecule has 8 nitrogen and oxygen atoms in total. The summed E-state index contributed by atoms with van der Waals surface area (Å²) in [6.07, 6.45) is 1.71. The number of esters is 1. The van der Waals surface area contributed by atoms with Gasteiger partial charge < -0.3 is 9.30 Å². The summed E-state index contributed by atoms with van der Waals surface area (Å²) < 4.78 is 34.7. The third kappa shape index (κ3) is 5.39. The first-order chi connectivity index (χ1) is 16.7. The average Bonchev–Trinajstić information content (AvgIpc) is 3.48. The van der Waals surface area contributed by atoms with Crippen molar-refractivity contribution >= 4 is 43.5 Å². The van der Waals surface area contributed by atoms with E-state index in [0.717, 1.165) is 28.6 Å². The predicted octanol–water partition coefficient (Wildman–Crippen LogP) is 3.91. The minimum atomic E-state index is -3.56. The van der Waals surface area contributed by atoms with Gasteiger partial charge in [0.1, 0.15) is 6.54 Å². The van der Waals surface area contributed by atoms with Crippen molar-refractivity contribution in [3.63, 3.8) is 0 Å². The van der Waals surface area contributed by atoms with Crippen LogP contribution in [-0.4, -0.2) is 48.9 Å². The smallest absolute Gasteiger partial charge is 0.326 e. The van der Waals surface area contributed by atoms with E-state index in [0.29, 0.717) is 23.8 Å². The molecule has 3 aromatic rings. The minimum Gasteiger partial charge on any atom is -0.465 e. The van der Waals surface area contributed by atoms with Crippen LogP contribution in [0.5, 0.6) is 0 Å². The summed E-state index contributed by atoms with van der Waals surface area (Å²) >= 11 is 1.33. The summed E-state index contributed by atoms with van der Waals surface area (Å²) in [7, 11) is -3.56. The molecule has 1 fully saturated rings. The Hall–Kier alpha value is -2.82. The fourth-order valence-corrected chi connectivity index (χ4v) is 6.61. The van der Waals surface area contributed by atoms with Crippen molar-refractivity contribution < 1.29 is 22.7 Å². The molecule has 2 aromatic carbocycles. The maximum Gasteiger partial charge on any atom is 0.326 e. The third-order valence-electron chi connectivity index (χ3n) is 5.97. The molecule has 0 aliphatic carbocycles. The molecular formula is C25H29N3O5S2. The van der Waals surface area contributed by atoms with E-state index in [2.05, 4.69) is 18.8 Å². The van der Waals surface area contributed by atoms with Crippen LogP contribution in [0.1, 0.15) is 55.5 Å². The Kier molecular flexibility index (Phi) is 7.53. The Morgan fingerprint density at radius 2 is 1.77 bits per heavy atom. The van der Waals surface area contributed by atoms with Crippen LogP contribution in [0.4, 0.5) is 0 Å². The molecule has 1 aromatic heterocycles. The van der Waals surface area contributed by atoms with Gasteiger partial charge in [0.2, 0.25) is 10.0 Å². The second kappa shape index (κ2) is 10.4. The highest BCUT2D eigenvalue weighted by molar-refractivity contribution is 7.89. The molecule has 35 heavy (non-hydrogen) atoms. The highest BCUT2D eigenvalue weighted by Gasteiger charge is 2.27. The van der Waals surface area contributed by atoms with Gasteiger partial charge in [0.15, 0.2) is 4.80 Å². The molecule has 0 N–H and O–H groups in total. The monoisotopic (exact) mass is 515 g/mol. The molecule has 1 saturated heterocycles. The first-order valence-corrected chi connectivity index (χ1v) is 13.9. The number of ether oxygens (including phenoxy) is 1. The number of carbonyl (C=O) groups is 2. The molecule has 186 valence electrons. The van der Waals surface area contributed by atoms with E-state index in [1.54, 1.807) is 11.5 Å². The van der Waals surface area contributed by atoms with E-state index < -0.39 is 21.9 Å². The molecule has 1 aliphatic rings. The number of fused-ring (bicyclic) bond motifs is 1. The standard InChI is InChI=1S/C25H29N3O5S2/c1-4-33-23(29)16-28-21-12-9-19(17(2)3)15-22(21)34-25(28)26-24(30)18-7-10-20(11-8-18)35(31,32)27-13-5-6-14-27/h7-12,15,17H,4-6,13-14,16H2,1-3H3. The van der Waals surface area contributed by atoms with Crippen LogP contribution in [0, 0.1) is 0 Å². The number of carbonyl (C=O) groups excluding carboxylic acids is 2. The van der Waals surface area contributed by atoms with Gasteiger partial charge in [0.05, 0.1) is 21.7 Å². The van der Waals surface area contributed by atoms with Crippen LogP contribution < -0.4 is 4.80 Å². The molecule has 0 bridgehead atoms. The van der Waals surface area contributed by atoms with Gasteiger partial charge in [0, 0.05) is 18.7 Å². The van der Waals surface area contributed by atoms with Gasteiger partial charge in [-0.15, -0.1) is 0 Å². The quantitative estimate of drug-likeness (QED) is 0.444. The number of hydrogen-bond acceptors (Lipinski definition) is 6. The number of nitrogens with zero attached hydrogens (tertiary/aromatic N) is 3. The van der Waals surface area contributed by atoms with Gasteiger partial charge in [-0.05, 0) is 67.6 Å². The van der Waals surface area contributed by atoms with Crippen molar-refractivity contribution in [2.45, 2.75) is 51.0 Å². The summed E-state index contributed by atoms with van der Waals surface area (Å²) in [5, 5.41) is 0. The summed E-state index contributed by atoms with van der Waals surface area (Å²) in [5.74, 6) is -0.591. The highest BCUT2D eigenvalue weighted by atomic mass is 32.2. The second-order valence-corrected chi connectivity index (χ2v) is 11.7. The third-order valence-corrected chi connectivity index (χ3v) is 8.92. The van der Waals surface area contributed by atoms with Gasteiger partial charge in [-0.1, -0.05) is 31.3 Å². The number of thiazole rings is 1. The van der Waals surface area contributed by atoms with Crippen molar-refractivity contribution in [2.75, 3.05) is 19.7 Å². The Bertz CT molecular complexity index is 1410. The lowest BCUT2D eigenvalue weighted by atomic mass is 10.0. The lowest BCUT2D eigenvalue weighted by molar-refractivity contribution is -0.143. The van der Waals surface area contributed by atoms with Crippen molar-refractivity contribution in [3.05, 3.63) is 58.4 Å². The maximum absolute atomic E-state index is 13.0. The summed E-state index contributed by atoms with van der Waals surface area (Å²) in [6.45, 7) is 7.18. The van der Waals surface area contributed by atoms with Crippen molar-refractivity contribution in [2.24, 2.45) is 4.99 Å². The van der Waals surface area contributed by atoms with E-state index in [1.165, 1.54) is 39.9 Å². The minimum absolute atomic E-state index is 0.0615. The van der Waals surface area contributed by atoms with Crippen molar-refractivity contribution in [1.82, 2.24) is 8.87 Å². The molecule has 0 radical (unpaired) electrons. The van der Waals surface area contributed by atoms with Crippen LogP contribution in [0.3, 0.4) is 0 Å². The van der Waals surface area contributed by atoms with Gasteiger partial charge in [-0.3, -0.25) is 9.59 Å². The van der Waals surface area contributed by atoms with Crippen LogP contribution in [-0.2, 0) is 26.1 Å². The van der Waals surface area contributed by atoms with Crippen LogP contribution in [0.2, 0.25) is 0 Å². The molecule has 2 heterocycles. The van der Waals surface area contributed by atoms with Gasteiger partial charge >= 0.3 is 5.97 Å². The Morgan fingerprint density at radius 1 is 1.09 bits per heavy atom. The second-order valence-electron chi connectivity index (χ2n) is 8.71. The number of rotatable bonds is 7. The first kappa shape index (κ1) is 25.3. The molecule has 0 atom stereocenters. The summed E-state index contributed by atoms with van der Waals surface area (Å²) in [4.78, 5) is 30.1. The number of hydrogen-bond donors (Lipinski definition) is 0. The van der Waals surface area contributed by atoms with Crippen LogP contribution in [0.15, 0.2) is 52.4 Å². The molecule has 4 rings (SSSR count). The average molecular weight is 516 g/mol. The first-order valence-electron chi connectivity index (χ1n) is 11.7. The zero-order valence-corrected chi connectivity index (χ0v) is 21.7. The Labute approximate surface area is 208 Å². The van der Waals surface area contributed by atoms with Crippen molar-refractivity contribution in [1.29, 1.82) is 0 Å². The normalized spacial score (nSPS) is 15.3. The molecule has 0 spiro atoms. The SMILES string of the molecule is CCOC(=O)Cn1c(=NC(=O)c2ccc(S(=O)(=O)N3CCCC3)cc2)sc2cc(C(C)C)ccc21. The van der Waals surface area contributed by atoms with E-state index in [4.69, 9.17) is 4.74 Å². The van der Waals surface area contributed by atoms with Gasteiger partial charge in [-0.25, -0.2) is 8.42 Å². The zero-order valence-electron chi connectivity index (χ0n) is 20.1. The topological polar surface area (TPSA) is 98.0 Å². The molecule has 0 saturated carbocycles. The number of amides is 1. The van der Waals surface area contributed by atoms with E-state index in [-0.39, 0.29) is 23.6 Å². The lowest BCUT2D eigenvalue weighted by Crippen LogP contribution is -2.27. The van der Waals surface area contributed by atoms with Crippen LogP contribution in [0.25, 0.3) is 10.2 Å². The Morgan fingerprint density at radius 3 is 2.40 bits per heavy atom. The maximum atomic E-state index is 13.0. The molecule has 1 amide bonds.